The number of carbonyl (C=O) groups excluding carboxylic acids is 3. The largest absolute Gasteiger partial charge is 0.463 e. The van der Waals surface area contributed by atoms with Crippen molar-refractivity contribution in [3.63, 3.8) is 0 Å². The molecule has 0 N–H and O–H groups in total. The van der Waals surface area contributed by atoms with E-state index in [1.54, 1.807) is 11.0 Å². The molecule has 1 aliphatic rings. The minimum Gasteiger partial charge on any atom is -0.463 e. The van der Waals surface area contributed by atoms with Crippen LogP contribution < -0.4 is 0 Å². The Bertz CT molecular complexity index is 1110. The fourth-order valence-corrected chi connectivity index (χ4v) is 3.86. The number of benzene rings is 2. The van der Waals surface area contributed by atoms with Crippen molar-refractivity contribution in [3.05, 3.63) is 71.7 Å². The monoisotopic (exact) mass is 421 g/mol. The van der Waals surface area contributed by atoms with E-state index in [-0.39, 0.29) is 24.2 Å². The highest BCUT2D eigenvalue weighted by Crippen LogP contribution is 2.24. The fraction of sp³-hybridized carbons (Fsp3) is 0.292. The van der Waals surface area contributed by atoms with E-state index in [2.05, 4.69) is 4.74 Å². The summed E-state index contributed by atoms with van der Waals surface area (Å²) in [7, 11) is 1.26. The summed E-state index contributed by atoms with van der Waals surface area (Å²) in [6, 6.07) is 16.5. The zero-order valence-corrected chi connectivity index (χ0v) is 17.2. The van der Waals surface area contributed by atoms with Crippen molar-refractivity contribution >= 4 is 28.6 Å². The lowest BCUT2D eigenvalue weighted by Gasteiger charge is -2.31. The number of amides is 1. The molecule has 1 aliphatic heterocycles. The van der Waals surface area contributed by atoms with Crippen LogP contribution in [0.4, 0.5) is 0 Å². The molecule has 1 amide bonds. The van der Waals surface area contributed by atoms with Crippen molar-refractivity contribution in [3.8, 4) is 0 Å². The number of carbonyl (C=O) groups is 3. The molecule has 4 rings (SSSR count). The third kappa shape index (κ3) is 4.45. The van der Waals surface area contributed by atoms with Gasteiger partial charge in [-0.1, -0.05) is 36.4 Å². The van der Waals surface area contributed by atoms with E-state index in [1.165, 1.54) is 13.2 Å². The maximum atomic E-state index is 13.2. The molecule has 1 saturated heterocycles. The Labute approximate surface area is 179 Å². The zero-order valence-electron chi connectivity index (χ0n) is 17.2. The van der Waals surface area contributed by atoms with Gasteiger partial charge in [0.05, 0.1) is 13.0 Å². The predicted octanol–water partition coefficient (Wildman–Crippen LogP) is 3.82. The molecule has 31 heavy (non-hydrogen) atoms. The minimum absolute atomic E-state index is 0.0538. The van der Waals surface area contributed by atoms with Gasteiger partial charge in [0, 0.05) is 18.7 Å². The fourth-order valence-electron chi connectivity index (χ4n) is 3.86. The van der Waals surface area contributed by atoms with Gasteiger partial charge in [0.1, 0.15) is 12.4 Å². The van der Waals surface area contributed by atoms with Crippen molar-refractivity contribution in [1.82, 2.24) is 4.90 Å². The van der Waals surface area contributed by atoms with Gasteiger partial charge in [-0.15, -0.1) is 0 Å². The molecule has 7 heteroatoms. The standard InChI is InChI=1S/C24H23NO6/c1-29-24(28)21-12-11-18(31-21)15-30-23(27)17-8-5-13-25(14-17)22(26)20-10-4-7-16-6-2-3-9-19(16)20/h2-4,6-7,9-12,17H,5,8,13-15H2,1H3/t17-/m1/s1. The molecule has 3 aromatic rings. The minimum atomic E-state index is -0.590. The van der Waals surface area contributed by atoms with Crippen LogP contribution in [0.5, 0.6) is 0 Å². The number of nitrogens with zero attached hydrogens (tertiary/aromatic N) is 1. The average molecular weight is 421 g/mol. The third-order valence-electron chi connectivity index (χ3n) is 5.47. The van der Waals surface area contributed by atoms with Crippen LogP contribution in [0.15, 0.2) is 59.0 Å². The maximum absolute atomic E-state index is 13.2. The number of rotatable bonds is 5. The molecule has 1 aromatic heterocycles. The van der Waals surface area contributed by atoms with E-state index >= 15 is 0 Å². The molecular formula is C24H23NO6. The van der Waals surface area contributed by atoms with Gasteiger partial charge in [0.25, 0.3) is 5.91 Å². The molecule has 160 valence electrons. The Hall–Kier alpha value is -3.61. The summed E-state index contributed by atoms with van der Waals surface area (Å²) in [6.07, 6.45) is 1.38. The van der Waals surface area contributed by atoms with Crippen LogP contribution in [-0.2, 0) is 20.9 Å². The first kappa shape index (κ1) is 20.7. The number of hydrogen-bond acceptors (Lipinski definition) is 6. The topological polar surface area (TPSA) is 86.0 Å². The van der Waals surface area contributed by atoms with Crippen LogP contribution in [0.1, 0.15) is 39.5 Å². The summed E-state index contributed by atoms with van der Waals surface area (Å²) in [4.78, 5) is 38.9. The predicted molar refractivity (Wildman–Crippen MR) is 112 cm³/mol. The van der Waals surface area contributed by atoms with Gasteiger partial charge in [-0.25, -0.2) is 4.79 Å². The lowest BCUT2D eigenvalue weighted by Crippen LogP contribution is -2.42. The second kappa shape index (κ2) is 9.04. The summed E-state index contributed by atoms with van der Waals surface area (Å²) in [5, 5.41) is 1.91. The van der Waals surface area contributed by atoms with E-state index in [0.29, 0.717) is 30.8 Å². The number of likely N-dealkylation sites (tertiary alicyclic amines) is 1. The van der Waals surface area contributed by atoms with E-state index in [9.17, 15) is 14.4 Å². The SMILES string of the molecule is COC(=O)c1ccc(COC(=O)[C@@H]2CCCN(C(=O)c3cccc4ccccc34)C2)o1. The smallest absolute Gasteiger partial charge is 0.373 e. The molecule has 0 saturated carbocycles. The van der Waals surface area contributed by atoms with Crippen LogP contribution in [0.25, 0.3) is 10.8 Å². The molecule has 1 fully saturated rings. The van der Waals surface area contributed by atoms with E-state index < -0.39 is 11.9 Å². The quantitative estimate of drug-likeness (QED) is 0.582. The van der Waals surface area contributed by atoms with Crippen molar-refractivity contribution in [2.75, 3.05) is 20.2 Å². The van der Waals surface area contributed by atoms with Crippen LogP contribution >= 0.6 is 0 Å². The highest BCUT2D eigenvalue weighted by Gasteiger charge is 2.30. The van der Waals surface area contributed by atoms with Crippen molar-refractivity contribution < 1.29 is 28.3 Å². The molecule has 1 atom stereocenters. The van der Waals surface area contributed by atoms with Gasteiger partial charge >= 0.3 is 11.9 Å². The van der Waals surface area contributed by atoms with E-state index in [4.69, 9.17) is 9.15 Å². The van der Waals surface area contributed by atoms with Crippen LogP contribution in [-0.4, -0.2) is 42.9 Å². The highest BCUT2D eigenvalue weighted by molar-refractivity contribution is 6.07. The second-order valence-electron chi connectivity index (χ2n) is 7.48. The number of fused-ring (bicyclic) bond motifs is 1. The molecule has 0 radical (unpaired) electrons. The first-order chi connectivity index (χ1) is 15.1. The van der Waals surface area contributed by atoms with Gasteiger partial charge in [-0.3, -0.25) is 9.59 Å². The first-order valence-corrected chi connectivity index (χ1v) is 10.2. The van der Waals surface area contributed by atoms with Crippen molar-refractivity contribution in [2.24, 2.45) is 5.92 Å². The number of ether oxygens (including phenoxy) is 2. The van der Waals surface area contributed by atoms with Crippen LogP contribution in [0, 0.1) is 5.92 Å². The summed E-state index contributed by atoms with van der Waals surface area (Å²) in [5.74, 6) is -1.05. The molecule has 2 aromatic carbocycles. The summed E-state index contributed by atoms with van der Waals surface area (Å²) < 4.78 is 15.3. The Kier molecular flexibility index (Phi) is 6.02. The first-order valence-electron chi connectivity index (χ1n) is 10.2. The number of esters is 2. The summed E-state index contributed by atoms with van der Waals surface area (Å²) in [6.45, 7) is 0.836. The van der Waals surface area contributed by atoms with Gasteiger partial charge in [-0.2, -0.15) is 0 Å². The number of furan rings is 1. The molecule has 0 unspecified atom stereocenters. The average Bonchev–Trinajstić information content (AvgIpc) is 3.30. The normalized spacial score (nSPS) is 16.2. The second-order valence-corrected chi connectivity index (χ2v) is 7.48. The van der Waals surface area contributed by atoms with E-state index in [0.717, 1.165) is 17.2 Å². The number of methoxy groups -OCH3 is 1. The molecule has 0 aliphatic carbocycles. The zero-order chi connectivity index (χ0) is 21.8. The van der Waals surface area contributed by atoms with Gasteiger partial charge < -0.3 is 18.8 Å². The molecule has 7 nitrogen and oxygen atoms in total. The summed E-state index contributed by atoms with van der Waals surface area (Å²) >= 11 is 0. The van der Waals surface area contributed by atoms with Crippen LogP contribution in [0.3, 0.4) is 0 Å². The van der Waals surface area contributed by atoms with Gasteiger partial charge in [-0.05, 0) is 41.8 Å². The Morgan fingerprint density at radius 2 is 1.87 bits per heavy atom. The Balaban J connectivity index is 1.39. The highest BCUT2D eigenvalue weighted by atomic mass is 16.6. The van der Waals surface area contributed by atoms with Gasteiger partial charge in [0.15, 0.2) is 0 Å². The molecular weight excluding hydrogens is 398 g/mol. The lowest BCUT2D eigenvalue weighted by atomic mass is 9.96. The van der Waals surface area contributed by atoms with Gasteiger partial charge in [0.2, 0.25) is 5.76 Å². The summed E-state index contributed by atoms with van der Waals surface area (Å²) in [5.41, 5.74) is 0.637. The third-order valence-corrected chi connectivity index (χ3v) is 5.47. The molecule has 2 heterocycles. The Morgan fingerprint density at radius 3 is 2.71 bits per heavy atom. The maximum Gasteiger partial charge on any atom is 0.373 e. The number of piperidine rings is 1. The lowest BCUT2D eigenvalue weighted by molar-refractivity contribution is -0.152. The van der Waals surface area contributed by atoms with Crippen molar-refractivity contribution in [2.45, 2.75) is 19.4 Å². The number of hydrogen-bond donors (Lipinski definition) is 0. The molecule has 0 spiro atoms. The van der Waals surface area contributed by atoms with Crippen molar-refractivity contribution in [1.29, 1.82) is 0 Å². The van der Waals surface area contributed by atoms with E-state index in [1.807, 2.05) is 42.5 Å². The van der Waals surface area contributed by atoms with Crippen LogP contribution in [0.2, 0.25) is 0 Å². The molecule has 0 bridgehead atoms. The Morgan fingerprint density at radius 1 is 1.06 bits per heavy atom.